The molecule has 1 aromatic heterocycles. The highest BCUT2D eigenvalue weighted by molar-refractivity contribution is 5.90. The van der Waals surface area contributed by atoms with Crippen molar-refractivity contribution in [3.05, 3.63) is 60.2 Å². The number of nitrogens with zero attached hydrogens (tertiary/aromatic N) is 3. The number of carbonyl (C=O) groups is 1. The standard InChI is InChI=1S/C20H25FN4O/c1-15(2)11-24(12-16-6-5-9-22-10-16)17-13-25(14-17)20(26)23-19-8-4-3-7-18(19)21/h3-10,15,17H,11-14H2,1-2H3,(H,23,26). The number of rotatable bonds is 6. The van der Waals surface area contributed by atoms with Crippen LogP contribution < -0.4 is 5.32 Å². The van der Waals surface area contributed by atoms with E-state index in [1.54, 1.807) is 29.3 Å². The Morgan fingerprint density at radius 2 is 2.08 bits per heavy atom. The van der Waals surface area contributed by atoms with Gasteiger partial charge < -0.3 is 10.2 Å². The van der Waals surface area contributed by atoms with E-state index in [1.165, 1.54) is 11.6 Å². The molecule has 0 bridgehead atoms. The first-order valence-electron chi connectivity index (χ1n) is 8.96. The van der Waals surface area contributed by atoms with Crippen LogP contribution in [0.5, 0.6) is 0 Å². The summed E-state index contributed by atoms with van der Waals surface area (Å²) in [5.41, 5.74) is 1.39. The van der Waals surface area contributed by atoms with Crippen LogP contribution in [-0.4, -0.2) is 46.5 Å². The maximum absolute atomic E-state index is 13.7. The summed E-state index contributed by atoms with van der Waals surface area (Å²) in [5.74, 6) is 0.115. The summed E-state index contributed by atoms with van der Waals surface area (Å²) < 4.78 is 13.7. The van der Waals surface area contributed by atoms with E-state index in [1.807, 2.05) is 12.3 Å². The Morgan fingerprint density at radius 3 is 2.73 bits per heavy atom. The van der Waals surface area contributed by atoms with Crippen LogP contribution in [0.2, 0.25) is 0 Å². The van der Waals surface area contributed by atoms with E-state index in [2.05, 4.69) is 35.1 Å². The average molecular weight is 356 g/mol. The van der Waals surface area contributed by atoms with E-state index in [0.29, 0.717) is 25.0 Å². The van der Waals surface area contributed by atoms with Crippen LogP contribution in [0.25, 0.3) is 0 Å². The van der Waals surface area contributed by atoms with E-state index in [9.17, 15) is 9.18 Å². The molecule has 0 saturated carbocycles. The Bertz CT molecular complexity index is 732. The summed E-state index contributed by atoms with van der Waals surface area (Å²) in [6.45, 7) is 7.46. The highest BCUT2D eigenvalue weighted by atomic mass is 19.1. The van der Waals surface area contributed by atoms with Gasteiger partial charge in [0.2, 0.25) is 0 Å². The Labute approximate surface area is 153 Å². The van der Waals surface area contributed by atoms with Crippen molar-refractivity contribution in [2.24, 2.45) is 5.92 Å². The fraction of sp³-hybridized carbons (Fsp3) is 0.400. The van der Waals surface area contributed by atoms with Gasteiger partial charge in [-0.1, -0.05) is 32.0 Å². The number of para-hydroxylation sites is 1. The van der Waals surface area contributed by atoms with Gasteiger partial charge in [0.15, 0.2) is 0 Å². The van der Waals surface area contributed by atoms with Gasteiger partial charge in [-0.05, 0) is 29.7 Å². The van der Waals surface area contributed by atoms with Gasteiger partial charge in [-0.3, -0.25) is 9.88 Å². The number of hydrogen-bond donors (Lipinski definition) is 1. The van der Waals surface area contributed by atoms with Crippen molar-refractivity contribution in [2.75, 3.05) is 25.0 Å². The van der Waals surface area contributed by atoms with E-state index < -0.39 is 5.82 Å². The number of carbonyl (C=O) groups excluding carboxylic acids is 1. The van der Waals surface area contributed by atoms with Crippen molar-refractivity contribution >= 4 is 11.7 Å². The summed E-state index contributed by atoms with van der Waals surface area (Å²) >= 11 is 0. The summed E-state index contributed by atoms with van der Waals surface area (Å²) in [4.78, 5) is 20.6. The number of aromatic nitrogens is 1. The fourth-order valence-electron chi connectivity index (χ4n) is 3.15. The van der Waals surface area contributed by atoms with Gasteiger partial charge in [0, 0.05) is 44.6 Å². The highest BCUT2D eigenvalue weighted by Gasteiger charge is 2.35. The third-order valence-electron chi connectivity index (χ3n) is 4.49. The van der Waals surface area contributed by atoms with Crippen LogP contribution >= 0.6 is 0 Å². The number of urea groups is 1. The maximum Gasteiger partial charge on any atom is 0.322 e. The van der Waals surface area contributed by atoms with E-state index in [0.717, 1.165) is 13.1 Å². The van der Waals surface area contributed by atoms with Gasteiger partial charge in [-0.15, -0.1) is 0 Å². The molecule has 6 heteroatoms. The molecule has 1 aromatic carbocycles. The molecule has 1 aliphatic heterocycles. The monoisotopic (exact) mass is 356 g/mol. The number of hydrogen-bond acceptors (Lipinski definition) is 3. The molecule has 2 heterocycles. The number of halogens is 1. The zero-order chi connectivity index (χ0) is 18.5. The molecule has 0 spiro atoms. The van der Waals surface area contributed by atoms with E-state index in [4.69, 9.17) is 0 Å². The summed E-state index contributed by atoms with van der Waals surface area (Å²) in [6.07, 6.45) is 3.66. The molecule has 1 N–H and O–H groups in total. The van der Waals surface area contributed by atoms with Crippen molar-refractivity contribution in [1.29, 1.82) is 0 Å². The molecular weight excluding hydrogens is 331 g/mol. The molecular formula is C20H25FN4O. The largest absolute Gasteiger partial charge is 0.322 e. The van der Waals surface area contributed by atoms with Crippen molar-refractivity contribution < 1.29 is 9.18 Å². The fourth-order valence-corrected chi connectivity index (χ4v) is 3.15. The quantitative estimate of drug-likeness (QED) is 0.860. The third kappa shape index (κ3) is 4.58. The number of nitrogens with one attached hydrogen (secondary N) is 1. The summed E-state index contributed by atoms with van der Waals surface area (Å²) in [6, 6.07) is 10.3. The first kappa shape index (κ1) is 18.3. The minimum absolute atomic E-state index is 0.218. The molecule has 1 fully saturated rings. The number of benzene rings is 1. The van der Waals surface area contributed by atoms with Crippen LogP contribution in [0.15, 0.2) is 48.8 Å². The van der Waals surface area contributed by atoms with E-state index in [-0.39, 0.29) is 11.7 Å². The molecule has 5 nitrogen and oxygen atoms in total. The van der Waals surface area contributed by atoms with Crippen molar-refractivity contribution in [2.45, 2.75) is 26.4 Å². The zero-order valence-electron chi connectivity index (χ0n) is 15.2. The predicted octanol–water partition coefficient (Wildman–Crippen LogP) is 3.60. The molecule has 2 aromatic rings. The lowest BCUT2D eigenvalue weighted by atomic mass is 10.0. The second-order valence-electron chi connectivity index (χ2n) is 7.15. The molecule has 1 saturated heterocycles. The van der Waals surface area contributed by atoms with Gasteiger partial charge in [0.1, 0.15) is 5.82 Å². The van der Waals surface area contributed by atoms with Gasteiger partial charge in [-0.25, -0.2) is 9.18 Å². The van der Waals surface area contributed by atoms with Gasteiger partial charge in [0.05, 0.1) is 5.69 Å². The normalized spacial score (nSPS) is 14.6. The number of anilines is 1. The second-order valence-corrected chi connectivity index (χ2v) is 7.15. The van der Waals surface area contributed by atoms with Gasteiger partial charge in [-0.2, -0.15) is 0 Å². The van der Waals surface area contributed by atoms with Crippen LogP contribution in [0.1, 0.15) is 19.4 Å². The summed E-state index contributed by atoms with van der Waals surface area (Å²) in [7, 11) is 0. The topological polar surface area (TPSA) is 48.5 Å². The molecule has 0 atom stereocenters. The SMILES string of the molecule is CC(C)CN(Cc1cccnc1)C1CN(C(=O)Nc2ccccc2F)C1. The Hall–Kier alpha value is -2.47. The van der Waals surface area contributed by atoms with Crippen molar-refractivity contribution in [3.8, 4) is 0 Å². The summed E-state index contributed by atoms with van der Waals surface area (Å²) in [5, 5.41) is 2.65. The van der Waals surface area contributed by atoms with Crippen molar-refractivity contribution in [3.63, 3.8) is 0 Å². The maximum atomic E-state index is 13.7. The Kier molecular flexibility index (Phi) is 5.83. The number of amides is 2. The van der Waals surface area contributed by atoms with Crippen LogP contribution in [0.4, 0.5) is 14.9 Å². The lowest BCUT2D eigenvalue weighted by molar-refractivity contribution is 0.0485. The zero-order valence-corrected chi connectivity index (χ0v) is 15.2. The smallest absolute Gasteiger partial charge is 0.321 e. The molecule has 2 amide bonds. The minimum atomic E-state index is -0.420. The lowest BCUT2D eigenvalue weighted by Gasteiger charge is -2.45. The second kappa shape index (κ2) is 8.27. The molecule has 26 heavy (non-hydrogen) atoms. The Balaban J connectivity index is 1.56. The molecule has 0 unspecified atom stereocenters. The van der Waals surface area contributed by atoms with Crippen molar-refractivity contribution in [1.82, 2.24) is 14.8 Å². The molecule has 0 radical (unpaired) electrons. The van der Waals surface area contributed by atoms with Crippen LogP contribution in [0, 0.1) is 11.7 Å². The van der Waals surface area contributed by atoms with Crippen LogP contribution in [-0.2, 0) is 6.54 Å². The van der Waals surface area contributed by atoms with Gasteiger partial charge in [0.25, 0.3) is 0 Å². The third-order valence-corrected chi connectivity index (χ3v) is 4.49. The molecule has 0 aliphatic carbocycles. The van der Waals surface area contributed by atoms with Crippen LogP contribution in [0.3, 0.4) is 0 Å². The minimum Gasteiger partial charge on any atom is -0.321 e. The number of likely N-dealkylation sites (tertiary alicyclic amines) is 1. The Morgan fingerprint density at radius 1 is 1.31 bits per heavy atom. The lowest BCUT2D eigenvalue weighted by Crippen LogP contribution is -2.62. The first-order valence-corrected chi connectivity index (χ1v) is 8.96. The molecule has 138 valence electrons. The highest BCUT2D eigenvalue weighted by Crippen LogP contribution is 2.21. The predicted molar refractivity (Wildman–Crippen MR) is 100 cm³/mol. The van der Waals surface area contributed by atoms with E-state index >= 15 is 0 Å². The molecule has 1 aliphatic rings. The van der Waals surface area contributed by atoms with Gasteiger partial charge >= 0.3 is 6.03 Å². The number of pyridine rings is 1. The average Bonchev–Trinajstić information content (AvgIpc) is 2.56. The molecule has 3 rings (SSSR count). The first-order chi connectivity index (χ1) is 12.5.